The highest BCUT2D eigenvalue weighted by Crippen LogP contribution is 2.25. The van der Waals surface area contributed by atoms with Crippen molar-refractivity contribution in [1.82, 2.24) is 9.97 Å². The summed E-state index contributed by atoms with van der Waals surface area (Å²) in [5.41, 5.74) is 2.26. The number of anilines is 1. The van der Waals surface area contributed by atoms with E-state index in [2.05, 4.69) is 48.2 Å². The van der Waals surface area contributed by atoms with E-state index < -0.39 is 5.97 Å². The van der Waals surface area contributed by atoms with Crippen LogP contribution in [0.2, 0.25) is 0 Å². The van der Waals surface area contributed by atoms with Crippen LogP contribution in [0.25, 0.3) is 11.4 Å². The maximum Gasteiger partial charge on any atom is 0.341 e. The van der Waals surface area contributed by atoms with Gasteiger partial charge in [-0.25, -0.2) is 14.8 Å². The Balaban J connectivity index is 2.40. The minimum Gasteiger partial charge on any atom is -0.477 e. The van der Waals surface area contributed by atoms with Gasteiger partial charge in [-0.15, -0.1) is 0 Å². The lowest BCUT2D eigenvalue weighted by Crippen LogP contribution is -2.11. The lowest BCUT2D eigenvalue weighted by atomic mass is 9.87. The molecule has 0 spiro atoms. The standard InChI is InChI=1S/C17H21N3O2/c1-5-18-15-13(16(21)22)10-19-14(20-15)11-6-8-12(9-7-11)17(2,3)4/h6-10H,5H2,1-4H3,(H,21,22)(H,18,19,20). The molecule has 0 amide bonds. The predicted octanol–water partition coefficient (Wildman–Crippen LogP) is 3.57. The molecule has 0 saturated heterocycles. The summed E-state index contributed by atoms with van der Waals surface area (Å²) < 4.78 is 0. The van der Waals surface area contributed by atoms with Gasteiger partial charge in [-0.2, -0.15) is 0 Å². The van der Waals surface area contributed by atoms with Crippen molar-refractivity contribution in [2.45, 2.75) is 33.1 Å². The van der Waals surface area contributed by atoms with E-state index in [9.17, 15) is 4.79 Å². The molecule has 0 fully saturated rings. The second-order valence-electron chi connectivity index (χ2n) is 6.12. The van der Waals surface area contributed by atoms with Crippen molar-refractivity contribution in [3.05, 3.63) is 41.6 Å². The first-order chi connectivity index (χ1) is 10.3. The minimum atomic E-state index is -1.04. The fourth-order valence-corrected chi connectivity index (χ4v) is 2.10. The number of nitrogens with one attached hydrogen (secondary N) is 1. The maximum atomic E-state index is 11.2. The van der Waals surface area contributed by atoms with E-state index in [1.54, 1.807) is 0 Å². The van der Waals surface area contributed by atoms with E-state index in [0.29, 0.717) is 18.2 Å². The average molecular weight is 299 g/mol. The molecule has 0 unspecified atom stereocenters. The van der Waals surface area contributed by atoms with Gasteiger partial charge in [0.1, 0.15) is 11.4 Å². The number of aromatic nitrogens is 2. The molecule has 1 aromatic heterocycles. The maximum absolute atomic E-state index is 11.2. The van der Waals surface area contributed by atoms with Crippen molar-refractivity contribution in [3.8, 4) is 11.4 Å². The van der Waals surface area contributed by atoms with Crippen LogP contribution in [0.5, 0.6) is 0 Å². The molecule has 0 atom stereocenters. The van der Waals surface area contributed by atoms with Crippen LogP contribution in [0.1, 0.15) is 43.6 Å². The number of carbonyl (C=O) groups is 1. The van der Waals surface area contributed by atoms with Crippen LogP contribution in [-0.2, 0) is 5.41 Å². The number of carboxylic acids is 1. The first kappa shape index (κ1) is 15.9. The zero-order valence-electron chi connectivity index (χ0n) is 13.3. The van der Waals surface area contributed by atoms with E-state index in [1.807, 2.05) is 19.1 Å². The lowest BCUT2D eigenvalue weighted by Gasteiger charge is -2.19. The molecule has 22 heavy (non-hydrogen) atoms. The Kier molecular flexibility index (Phi) is 4.45. The second-order valence-corrected chi connectivity index (χ2v) is 6.12. The molecule has 2 aromatic rings. The molecule has 1 heterocycles. The molecular weight excluding hydrogens is 278 g/mol. The number of benzene rings is 1. The molecular formula is C17H21N3O2. The molecule has 0 saturated carbocycles. The van der Waals surface area contributed by atoms with E-state index in [1.165, 1.54) is 11.8 Å². The van der Waals surface area contributed by atoms with Gasteiger partial charge >= 0.3 is 5.97 Å². The normalized spacial score (nSPS) is 11.3. The van der Waals surface area contributed by atoms with Crippen LogP contribution in [-0.4, -0.2) is 27.6 Å². The summed E-state index contributed by atoms with van der Waals surface area (Å²) in [6.07, 6.45) is 1.35. The molecule has 116 valence electrons. The molecule has 0 aliphatic heterocycles. The van der Waals surface area contributed by atoms with Gasteiger partial charge in [0, 0.05) is 18.3 Å². The highest BCUT2D eigenvalue weighted by atomic mass is 16.4. The van der Waals surface area contributed by atoms with Gasteiger partial charge in [-0.05, 0) is 17.9 Å². The van der Waals surface area contributed by atoms with Gasteiger partial charge in [0.15, 0.2) is 5.82 Å². The Bertz CT molecular complexity index is 673. The summed E-state index contributed by atoms with van der Waals surface area (Å²) in [6.45, 7) is 8.96. The number of rotatable bonds is 4. The first-order valence-corrected chi connectivity index (χ1v) is 7.28. The summed E-state index contributed by atoms with van der Waals surface area (Å²) in [4.78, 5) is 19.7. The molecule has 5 nitrogen and oxygen atoms in total. The summed E-state index contributed by atoms with van der Waals surface area (Å²) in [5, 5.41) is 12.1. The summed E-state index contributed by atoms with van der Waals surface area (Å²) >= 11 is 0. The smallest absolute Gasteiger partial charge is 0.341 e. The van der Waals surface area contributed by atoms with Gasteiger partial charge in [-0.3, -0.25) is 0 Å². The van der Waals surface area contributed by atoms with Crippen molar-refractivity contribution in [2.24, 2.45) is 0 Å². The van der Waals surface area contributed by atoms with E-state index in [4.69, 9.17) is 5.11 Å². The summed E-state index contributed by atoms with van der Waals surface area (Å²) in [6, 6.07) is 8.03. The molecule has 0 aliphatic rings. The Morgan fingerprint density at radius 1 is 1.23 bits per heavy atom. The van der Waals surface area contributed by atoms with Gasteiger partial charge < -0.3 is 10.4 Å². The van der Waals surface area contributed by atoms with Crippen molar-refractivity contribution in [2.75, 3.05) is 11.9 Å². The van der Waals surface area contributed by atoms with Crippen molar-refractivity contribution in [1.29, 1.82) is 0 Å². The molecule has 1 aromatic carbocycles. The fraction of sp³-hybridized carbons (Fsp3) is 0.353. The molecule has 2 rings (SSSR count). The molecule has 0 radical (unpaired) electrons. The highest BCUT2D eigenvalue weighted by Gasteiger charge is 2.16. The Morgan fingerprint density at radius 2 is 1.86 bits per heavy atom. The SMILES string of the molecule is CCNc1nc(-c2ccc(C(C)(C)C)cc2)ncc1C(=O)O. The summed E-state index contributed by atoms with van der Waals surface area (Å²) in [5.74, 6) is -0.174. The van der Waals surface area contributed by atoms with Crippen LogP contribution in [0.3, 0.4) is 0 Å². The van der Waals surface area contributed by atoms with Crippen molar-refractivity contribution in [3.63, 3.8) is 0 Å². The largest absolute Gasteiger partial charge is 0.477 e. The zero-order valence-corrected chi connectivity index (χ0v) is 13.3. The third-order valence-corrected chi connectivity index (χ3v) is 3.37. The van der Waals surface area contributed by atoms with Crippen molar-refractivity contribution >= 4 is 11.8 Å². The average Bonchev–Trinajstić information content (AvgIpc) is 2.46. The van der Waals surface area contributed by atoms with E-state index in [-0.39, 0.29) is 11.0 Å². The van der Waals surface area contributed by atoms with Crippen LogP contribution in [0.15, 0.2) is 30.5 Å². The third-order valence-electron chi connectivity index (χ3n) is 3.37. The quantitative estimate of drug-likeness (QED) is 0.902. The number of nitrogens with zero attached hydrogens (tertiary/aromatic N) is 2. The third kappa shape index (κ3) is 3.42. The van der Waals surface area contributed by atoms with Gasteiger partial charge in [0.2, 0.25) is 0 Å². The zero-order chi connectivity index (χ0) is 16.3. The van der Waals surface area contributed by atoms with Crippen LogP contribution in [0, 0.1) is 0 Å². The van der Waals surface area contributed by atoms with E-state index in [0.717, 1.165) is 5.56 Å². The van der Waals surface area contributed by atoms with Gasteiger partial charge in [0.25, 0.3) is 0 Å². The highest BCUT2D eigenvalue weighted by molar-refractivity contribution is 5.93. The number of hydrogen-bond acceptors (Lipinski definition) is 4. The molecule has 0 aliphatic carbocycles. The Hall–Kier alpha value is -2.43. The van der Waals surface area contributed by atoms with Gasteiger partial charge in [0.05, 0.1) is 0 Å². The predicted molar refractivity (Wildman–Crippen MR) is 87.3 cm³/mol. The second kappa shape index (κ2) is 6.13. The topological polar surface area (TPSA) is 75.1 Å². The summed E-state index contributed by atoms with van der Waals surface area (Å²) in [7, 11) is 0. The Morgan fingerprint density at radius 3 is 2.36 bits per heavy atom. The van der Waals surface area contributed by atoms with Crippen molar-refractivity contribution < 1.29 is 9.90 Å². The molecule has 2 N–H and O–H groups in total. The fourth-order valence-electron chi connectivity index (χ4n) is 2.10. The lowest BCUT2D eigenvalue weighted by molar-refractivity contribution is 0.0697. The Labute approximate surface area is 130 Å². The number of hydrogen-bond donors (Lipinski definition) is 2. The van der Waals surface area contributed by atoms with Crippen LogP contribution < -0.4 is 5.32 Å². The van der Waals surface area contributed by atoms with Crippen LogP contribution >= 0.6 is 0 Å². The monoisotopic (exact) mass is 299 g/mol. The minimum absolute atomic E-state index is 0.0805. The van der Waals surface area contributed by atoms with Crippen LogP contribution in [0.4, 0.5) is 5.82 Å². The molecule has 0 bridgehead atoms. The number of carboxylic acid groups (broad SMARTS) is 1. The number of aromatic carboxylic acids is 1. The molecule has 5 heteroatoms. The first-order valence-electron chi connectivity index (χ1n) is 7.28. The van der Waals surface area contributed by atoms with E-state index >= 15 is 0 Å². The van der Waals surface area contributed by atoms with Gasteiger partial charge in [-0.1, -0.05) is 45.0 Å².